The molecule has 9 nitrogen and oxygen atoms in total. The molecule has 2 aromatic heterocycles. The number of pyridine rings is 1. The molecule has 242 valence electrons. The molecule has 0 unspecified atom stereocenters. The molecule has 3 amide bonds. The summed E-state index contributed by atoms with van der Waals surface area (Å²) < 4.78 is 75.0. The third-order valence-corrected chi connectivity index (χ3v) is 8.44. The number of carbonyl (C=O) groups excluding carboxylic acids is 2. The van der Waals surface area contributed by atoms with Gasteiger partial charge in [0.15, 0.2) is 0 Å². The zero-order chi connectivity index (χ0) is 32.9. The van der Waals surface area contributed by atoms with Gasteiger partial charge in [0, 0.05) is 48.2 Å². The normalized spacial score (nSPS) is 16.7. The second-order valence-corrected chi connectivity index (χ2v) is 12.0. The van der Waals surface area contributed by atoms with Crippen molar-refractivity contribution in [1.29, 1.82) is 0 Å². The van der Waals surface area contributed by atoms with Crippen LogP contribution in [0.4, 0.5) is 38.3 Å². The first-order valence-corrected chi connectivity index (χ1v) is 14.8. The highest BCUT2D eigenvalue weighted by Crippen LogP contribution is 2.47. The molecule has 1 saturated heterocycles. The van der Waals surface area contributed by atoms with Gasteiger partial charge < -0.3 is 15.0 Å². The highest BCUT2D eigenvalue weighted by molar-refractivity contribution is 6.06. The van der Waals surface area contributed by atoms with Crippen LogP contribution >= 0.6 is 0 Å². The molecule has 1 aliphatic carbocycles. The van der Waals surface area contributed by atoms with Crippen LogP contribution in [0.15, 0.2) is 60.8 Å². The molecule has 0 bridgehead atoms. The summed E-state index contributed by atoms with van der Waals surface area (Å²) in [4.78, 5) is 32.1. The average Bonchev–Trinajstić information content (AvgIpc) is 3.64. The highest BCUT2D eigenvalue weighted by Gasteiger charge is 2.60. The molecular formula is C32H31F5N6O3. The van der Waals surface area contributed by atoms with Crippen molar-refractivity contribution in [2.45, 2.75) is 57.7 Å². The number of alkyl halides is 5. The molecule has 2 aromatic carbocycles. The standard InChI is InChI=1S/C32H31F5N6O3/c1-19-7-9-20(10-8-19)43-26(17-25(41-43)31(33,34)32(35,36)37)40-29(45)39-24-18-38-27(23-6-4-3-5-22(23)24)46-21-11-15-42(16-12-21)28(44)30(2)13-14-30/h3-10,17-18,21H,11-16H2,1-2H3,(H2,39,40,45). The number of aryl methyl sites for hydroxylation is 1. The number of urea groups is 1. The largest absolute Gasteiger partial charge is 0.474 e. The molecule has 46 heavy (non-hydrogen) atoms. The Bertz CT molecular complexity index is 1780. The summed E-state index contributed by atoms with van der Waals surface area (Å²) in [6, 6.07) is 12.8. The van der Waals surface area contributed by atoms with Gasteiger partial charge in [-0.2, -0.15) is 27.1 Å². The van der Waals surface area contributed by atoms with Crippen molar-refractivity contribution in [2.75, 3.05) is 23.7 Å². The molecule has 0 spiro atoms. The number of likely N-dealkylation sites (tertiary alicyclic amines) is 1. The van der Waals surface area contributed by atoms with Crippen LogP contribution in [-0.4, -0.2) is 57.0 Å². The van der Waals surface area contributed by atoms with E-state index in [0.717, 1.165) is 23.1 Å². The molecule has 0 radical (unpaired) electrons. The van der Waals surface area contributed by atoms with E-state index in [1.165, 1.54) is 18.3 Å². The van der Waals surface area contributed by atoms with Gasteiger partial charge in [0.1, 0.15) is 17.6 Å². The van der Waals surface area contributed by atoms with Gasteiger partial charge in [0.25, 0.3) is 0 Å². The zero-order valence-corrected chi connectivity index (χ0v) is 25.0. The molecule has 1 aliphatic heterocycles. The lowest BCUT2D eigenvalue weighted by molar-refractivity contribution is -0.291. The summed E-state index contributed by atoms with van der Waals surface area (Å²) in [5, 5.41) is 9.62. The minimum Gasteiger partial charge on any atom is -0.474 e. The highest BCUT2D eigenvalue weighted by atomic mass is 19.4. The number of hydrogen-bond donors (Lipinski definition) is 2. The number of aromatic nitrogens is 3. The Balaban J connectivity index is 1.20. The Hall–Kier alpha value is -4.75. The number of piperidine rings is 1. The number of ether oxygens (including phenoxy) is 1. The third-order valence-electron chi connectivity index (χ3n) is 8.44. The van der Waals surface area contributed by atoms with Gasteiger partial charge in [0.2, 0.25) is 11.8 Å². The van der Waals surface area contributed by atoms with Crippen LogP contribution in [0.3, 0.4) is 0 Å². The van der Waals surface area contributed by atoms with Crippen LogP contribution in [0.5, 0.6) is 5.88 Å². The number of rotatable bonds is 7. The smallest absolute Gasteiger partial charge is 0.459 e. The van der Waals surface area contributed by atoms with Crippen LogP contribution in [-0.2, 0) is 10.7 Å². The topological polar surface area (TPSA) is 101 Å². The Morgan fingerprint density at radius 3 is 2.24 bits per heavy atom. The van der Waals surface area contributed by atoms with Gasteiger partial charge in [0.05, 0.1) is 17.6 Å². The number of anilines is 2. The third kappa shape index (κ3) is 6.07. The molecule has 14 heteroatoms. The van der Waals surface area contributed by atoms with E-state index in [1.807, 2.05) is 11.8 Å². The first kappa shape index (κ1) is 31.2. The van der Waals surface area contributed by atoms with Gasteiger partial charge in [-0.1, -0.05) is 42.8 Å². The number of halogens is 5. The van der Waals surface area contributed by atoms with Crippen molar-refractivity contribution in [3.63, 3.8) is 0 Å². The number of nitrogens with one attached hydrogen (secondary N) is 2. The van der Waals surface area contributed by atoms with Crippen LogP contribution in [0.1, 0.15) is 43.9 Å². The number of benzene rings is 2. The molecule has 1 saturated carbocycles. The fourth-order valence-corrected chi connectivity index (χ4v) is 5.40. The molecule has 6 rings (SSSR count). The summed E-state index contributed by atoms with van der Waals surface area (Å²) in [5.74, 6) is -5.13. The number of hydrogen-bond acceptors (Lipinski definition) is 5. The first-order valence-electron chi connectivity index (χ1n) is 14.8. The zero-order valence-electron chi connectivity index (χ0n) is 25.0. The SMILES string of the molecule is Cc1ccc(-n2nc(C(F)(F)C(F)(F)F)cc2NC(=O)Nc2cnc(OC3CCN(C(=O)C4(C)CC4)CC3)c3ccccc23)cc1. The van der Waals surface area contributed by atoms with Crippen LogP contribution in [0.25, 0.3) is 16.5 Å². The summed E-state index contributed by atoms with van der Waals surface area (Å²) in [7, 11) is 0. The van der Waals surface area contributed by atoms with E-state index in [4.69, 9.17) is 4.74 Å². The lowest BCUT2D eigenvalue weighted by atomic mass is 10.0. The fraction of sp³-hybridized carbons (Fsp3) is 0.375. The summed E-state index contributed by atoms with van der Waals surface area (Å²) in [5.41, 5.74) is -0.561. The minimum atomic E-state index is -5.89. The second-order valence-electron chi connectivity index (χ2n) is 12.0. The van der Waals surface area contributed by atoms with E-state index in [2.05, 4.69) is 20.7 Å². The van der Waals surface area contributed by atoms with E-state index in [1.54, 1.807) is 43.3 Å². The summed E-state index contributed by atoms with van der Waals surface area (Å²) in [6.07, 6.45) is -1.56. The number of nitrogens with zero attached hydrogens (tertiary/aromatic N) is 4. The van der Waals surface area contributed by atoms with Crippen molar-refractivity contribution in [3.8, 4) is 11.6 Å². The molecule has 2 N–H and O–H groups in total. The Morgan fingerprint density at radius 2 is 1.61 bits per heavy atom. The molecule has 4 aromatic rings. The lowest BCUT2D eigenvalue weighted by Gasteiger charge is -2.33. The Morgan fingerprint density at radius 1 is 0.957 bits per heavy atom. The summed E-state index contributed by atoms with van der Waals surface area (Å²) in [6.45, 7) is 4.95. The van der Waals surface area contributed by atoms with Gasteiger partial charge in [-0.05, 0) is 38.0 Å². The van der Waals surface area contributed by atoms with E-state index in [-0.39, 0.29) is 28.8 Å². The molecular weight excluding hydrogens is 611 g/mol. The second kappa shape index (κ2) is 11.6. The monoisotopic (exact) mass is 642 g/mol. The Kier molecular flexibility index (Phi) is 7.85. The average molecular weight is 643 g/mol. The molecule has 2 fully saturated rings. The number of amides is 3. The van der Waals surface area contributed by atoms with Crippen molar-refractivity contribution in [1.82, 2.24) is 19.7 Å². The maximum absolute atomic E-state index is 14.2. The van der Waals surface area contributed by atoms with Crippen LogP contribution in [0.2, 0.25) is 0 Å². The molecule has 3 heterocycles. The van der Waals surface area contributed by atoms with Gasteiger partial charge in [-0.15, -0.1) is 0 Å². The van der Waals surface area contributed by atoms with Gasteiger partial charge in [-0.25, -0.2) is 14.5 Å². The minimum absolute atomic E-state index is 0.163. The van der Waals surface area contributed by atoms with E-state index in [0.29, 0.717) is 48.6 Å². The predicted molar refractivity (Wildman–Crippen MR) is 160 cm³/mol. The van der Waals surface area contributed by atoms with Crippen molar-refractivity contribution in [3.05, 3.63) is 72.1 Å². The van der Waals surface area contributed by atoms with Crippen LogP contribution in [0, 0.1) is 12.3 Å². The van der Waals surface area contributed by atoms with Crippen molar-refractivity contribution >= 4 is 34.2 Å². The van der Waals surface area contributed by atoms with Crippen molar-refractivity contribution < 1.29 is 36.3 Å². The number of fused-ring (bicyclic) bond motifs is 1. The Labute approximate surface area is 260 Å². The quantitative estimate of drug-likeness (QED) is 0.208. The summed E-state index contributed by atoms with van der Waals surface area (Å²) >= 11 is 0. The van der Waals surface area contributed by atoms with Crippen LogP contribution < -0.4 is 15.4 Å². The molecule has 0 atom stereocenters. The fourth-order valence-electron chi connectivity index (χ4n) is 5.40. The number of carbonyl (C=O) groups is 2. The van der Waals surface area contributed by atoms with E-state index < -0.39 is 29.6 Å². The maximum Gasteiger partial charge on any atom is 0.459 e. The van der Waals surface area contributed by atoms with Gasteiger partial charge >= 0.3 is 18.1 Å². The van der Waals surface area contributed by atoms with E-state index in [9.17, 15) is 31.5 Å². The van der Waals surface area contributed by atoms with E-state index >= 15 is 0 Å². The molecule has 2 aliphatic rings. The van der Waals surface area contributed by atoms with Gasteiger partial charge in [-0.3, -0.25) is 10.1 Å². The first-order chi connectivity index (χ1) is 21.7. The lowest BCUT2D eigenvalue weighted by Crippen LogP contribution is -2.44. The van der Waals surface area contributed by atoms with Crippen molar-refractivity contribution in [2.24, 2.45) is 5.41 Å². The maximum atomic E-state index is 14.2. The predicted octanol–water partition coefficient (Wildman–Crippen LogP) is 7.20.